The third-order valence-corrected chi connectivity index (χ3v) is 3.35. The molecule has 0 radical (unpaired) electrons. The lowest BCUT2D eigenvalue weighted by Crippen LogP contribution is -2.12. The number of benzene rings is 1. The fraction of sp³-hybridized carbons (Fsp3) is 0.0833. The molecule has 19 heavy (non-hydrogen) atoms. The van der Waals surface area contributed by atoms with Crippen LogP contribution < -0.4 is 5.73 Å². The topological polar surface area (TPSA) is 97.8 Å². The van der Waals surface area contributed by atoms with Crippen LogP contribution >= 0.6 is 11.8 Å². The maximum absolute atomic E-state index is 10.7. The van der Waals surface area contributed by atoms with E-state index in [1.165, 1.54) is 0 Å². The van der Waals surface area contributed by atoms with Gasteiger partial charge in [0.2, 0.25) is 5.91 Å². The molecular formula is C12H10N4O2S. The highest BCUT2D eigenvalue weighted by atomic mass is 32.2. The van der Waals surface area contributed by atoms with Crippen LogP contribution in [0.4, 0.5) is 0 Å². The average Bonchev–Trinajstić information content (AvgIpc) is 3.02. The summed E-state index contributed by atoms with van der Waals surface area (Å²) in [7, 11) is 0. The third-order valence-electron chi connectivity index (χ3n) is 2.50. The number of hydrogen-bond donors (Lipinski definition) is 2. The summed E-state index contributed by atoms with van der Waals surface area (Å²) in [6, 6.07) is 9.81. The second-order valence-corrected chi connectivity index (χ2v) is 4.82. The minimum atomic E-state index is -0.421. The zero-order chi connectivity index (χ0) is 13.2. The summed E-state index contributed by atoms with van der Waals surface area (Å²) in [6.45, 7) is 0. The second-order valence-electron chi connectivity index (χ2n) is 3.90. The Labute approximate surface area is 112 Å². The van der Waals surface area contributed by atoms with Crippen LogP contribution in [-0.4, -0.2) is 26.8 Å². The number of carbonyl (C=O) groups excluding carboxylic acids is 1. The average molecular weight is 274 g/mol. The molecule has 0 fully saturated rings. The van der Waals surface area contributed by atoms with Crippen molar-refractivity contribution in [3.63, 3.8) is 0 Å². The Bertz CT molecular complexity index is 701. The Kier molecular flexibility index (Phi) is 2.96. The van der Waals surface area contributed by atoms with Crippen molar-refractivity contribution in [2.75, 3.05) is 5.75 Å². The van der Waals surface area contributed by atoms with Gasteiger partial charge in [0.05, 0.1) is 5.75 Å². The first kappa shape index (κ1) is 11.8. The highest BCUT2D eigenvalue weighted by Crippen LogP contribution is 2.25. The molecule has 1 aromatic carbocycles. The van der Waals surface area contributed by atoms with Crippen LogP contribution in [0.15, 0.2) is 40.0 Å². The number of nitrogens with one attached hydrogen (secondary N) is 1. The van der Waals surface area contributed by atoms with Crippen LogP contribution in [0.25, 0.3) is 22.5 Å². The zero-order valence-corrected chi connectivity index (χ0v) is 10.6. The summed E-state index contributed by atoms with van der Waals surface area (Å²) < 4.78 is 5.45. The van der Waals surface area contributed by atoms with Crippen molar-refractivity contribution in [2.24, 2.45) is 5.73 Å². The zero-order valence-electron chi connectivity index (χ0n) is 9.79. The number of amides is 1. The van der Waals surface area contributed by atoms with Crippen molar-refractivity contribution < 1.29 is 9.21 Å². The number of fused-ring (bicyclic) bond motifs is 1. The van der Waals surface area contributed by atoms with E-state index >= 15 is 0 Å². The van der Waals surface area contributed by atoms with Crippen LogP contribution in [-0.2, 0) is 4.79 Å². The van der Waals surface area contributed by atoms with Crippen molar-refractivity contribution in [3.8, 4) is 11.6 Å². The number of aromatic amines is 1. The summed E-state index contributed by atoms with van der Waals surface area (Å²) in [5, 5.41) is 9.19. The summed E-state index contributed by atoms with van der Waals surface area (Å²) >= 11 is 1.12. The van der Waals surface area contributed by atoms with Crippen molar-refractivity contribution in [1.29, 1.82) is 0 Å². The maximum atomic E-state index is 10.7. The molecule has 2 heterocycles. The van der Waals surface area contributed by atoms with Crippen LogP contribution in [0.5, 0.6) is 0 Å². The standard InChI is InChI=1S/C12H10N4O2S/c13-10(17)6-19-12-16-15-11(18-12)9-5-7-3-1-2-4-8(7)14-9/h1-5,14H,6H2,(H2,13,17). The SMILES string of the molecule is NC(=O)CSc1nnc(-c2cc3ccccc3[nH]2)o1. The quantitative estimate of drug-likeness (QED) is 0.707. The molecule has 0 unspecified atom stereocenters. The maximum Gasteiger partial charge on any atom is 0.277 e. The largest absolute Gasteiger partial charge is 0.410 e. The molecule has 0 saturated heterocycles. The van der Waals surface area contributed by atoms with Crippen LogP contribution in [0.3, 0.4) is 0 Å². The third kappa shape index (κ3) is 2.45. The fourth-order valence-corrected chi connectivity index (χ4v) is 2.20. The molecule has 0 saturated carbocycles. The molecule has 0 bridgehead atoms. The summed E-state index contributed by atoms with van der Waals surface area (Å²) in [6.07, 6.45) is 0. The van der Waals surface area contributed by atoms with Crippen LogP contribution in [0.2, 0.25) is 0 Å². The molecule has 7 heteroatoms. The Balaban J connectivity index is 1.87. The molecular weight excluding hydrogens is 264 g/mol. The van der Waals surface area contributed by atoms with Crippen molar-refractivity contribution in [1.82, 2.24) is 15.2 Å². The Morgan fingerprint density at radius 3 is 3.00 bits per heavy atom. The van der Waals surface area contributed by atoms with Gasteiger partial charge < -0.3 is 15.1 Å². The molecule has 0 spiro atoms. The Morgan fingerprint density at radius 1 is 1.37 bits per heavy atom. The minimum absolute atomic E-state index is 0.119. The van der Waals surface area contributed by atoms with Gasteiger partial charge >= 0.3 is 0 Å². The number of nitrogens with zero attached hydrogens (tertiary/aromatic N) is 2. The van der Waals surface area contributed by atoms with E-state index in [2.05, 4.69) is 15.2 Å². The van der Waals surface area contributed by atoms with Crippen molar-refractivity contribution in [3.05, 3.63) is 30.3 Å². The number of nitrogens with two attached hydrogens (primary N) is 1. The lowest BCUT2D eigenvalue weighted by Gasteiger charge is -1.90. The summed E-state index contributed by atoms with van der Waals surface area (Å²) in [5.74, 6) is 0.0902. The van der Waals surface area contributed by atoms with Gasteiger partial charge in [0.25, 0.3) is 11.1 Å². The van der Waals surface area contributed by atoms with Gasteiger partial charge in [-0.1, -0.05) is 30.0 Å². The molecule has 6 nitrogen and oxygen atoms in total. The number of carbonyl (C=O) groups is 1. The number of primary amides is 1. The van der Waals surface area contributed by atoms with Gasteiger partial charge in [-0.2, -0.15) is 0 Å². The molecule has 0 aliphatic heterocycles. The predicted molar refractivity (Wildman–Crippen MR) is 71.5 cm³/mol. The minimum Gasteiger partial charge on any atom is -0.410 e. The van der Waals surface area contributed by atoms with Gasteiger partial charge in [0.15, 0.2) is 0 Å². The smallest absolute Gasteiger partial charge is 0.277 e. The molecule has 1 amide bonds. The first-order valence-electron chi connectivity index (χ1n) is 5.55. The number of H-pyrrole nitrogens is 1. The van der Waals surface area contributed by atoms with E-state index in [9.17, 15) is 4.79 Å². The first-order valence-corrected chi connectivity index (χ1v) is 6.53. The first-order chi connectivity index (χ1) is 9.22. The summed E-state index contributed by atoms with van der Waals surface area (Å²) in [5.41, 5.74) is 6.80. The molecule has 3 rings (SSSR count). The van der Waals surface area contributed by atoms with Crippen LogP contribution in [0, 0.1) is 0 Å². The van der Waals surface area contributed by atoms with Gasteiger partial charge in [-0.15, -0.1) is 10.2 Å². The van der Waals surface area contributed by atoms with Gasteiger partial charge in [0, 0.05) is 10.9 Å². The van der Waals surface area contributed by atoms with Crippen molar-refractivity contribution in [2.45, 2.75) is 5.22 Å². The number of aromatic nitrogens is 3. The normalized spacial score (nSPS) is 10.9. The number of para-hydroxylation sites is 1. The molecule has 2 aromatic heterocycles. The van der Waals surface area contributed by atoms with Crippen LogP contribution in [0.1, 0.15) is 0 Å². The Morgan fingerprint density at radius 2 is 2.21 bits per heavy atom. The molecule has 0 aliphatic carbocycles. The second kappa shape index (κ2) is 4.77. The van der Waals surface area contributed by atoms with Gasteiger partial charge in [-0.05, 0) is 12.1 Å². The van der Waals surface area contributed by atoms with E-state index in [-0.39, 0.29) is 5.75 Å². The molecule has 0 aliphatic rings. The highest BCUT2D eigenvalue weighted by Gasteiger charge is 2.12. The van der Waals surface area contributed by atoms with E-state index in [4.69, 9.17) is 10.2 Å². The van der Waals surface area contributed by atoms with Gasteiger partial charge in [0.1, 0.15) is 5.69 Å². The number of rotatable bonds is 4. The molecule has 3 aromatic rings. The van der Waals surface area contributed by atoms with E-state index in [1.807, 2.05) is 30.3 Å². The Hall–Kier alpha value is -2.28. The highest BCUT2D eigenvalue weighted by molar-refractivity contribution is 7.99. The summed E-state index contributed by atoms with van der Waals surface area (Å²) in [4.78, 5) is 13.9. The van der Waals surface area contributed by atoms with Gasteiger partial charge in [-0.3, -0.25) is 4.79 Å². The fourth-order valence-electron chi connectivity index (χ4n) is 1.70. The monoisotopic (exact) mass is 274 g/mol. The predicted octanol–water partition coefficient (Wildman–Crippen LogP) is 1.80. The number of hydrogen-bond acceptors (Lipinski definition) is 5. The lowest BCUT2D eigenvalue weighted by molar-refractivity contribution is -0.115. The van der Waals surface area contributed by atoms with E-state index in [0.717, 1.165) is 28.4 Å². The van der Waals surface area contributed by atoms with E-state index < -0.39 is 5.91 Å². The molecule has 96 valence electrons. The van der Waals surface area contributed by atoms with Gasteiger partial charge in [-0.25, -0.2) is 0 Å². The van der Waals surface area contributed by atoms with Crippen molar-refractivity contribution >= 4 is 28.6 Å². The molecule has 0 atom stereocenters. The molecule has 3 N–H and O–H groups in total. The van der Waals surface area contributed by atoms with E-state index in [0.29, 0.717) is 11.1 Å². The van der Waals surface area contributed by atoms with E-state index in [1.54, 1.807) is 0 Å². The lowest BCUT2D eigenvalue weighted by atomic mass is 10.2. The number of thioether (sulfide) groups is 1.